The summed E-state index contributed by atoms with van der Waals surface area (Å²) in [7, 11) is 1.80. The molecule has 0 aromatic rings. The molecule has 2 aliphatic carbocycles. The summed E-state index contributed by atoms with van der Waals surface area (Å²) in [6, 6.07) is 0.636. The van der Waals surface area contributed by atoms with E-state index in [0.717, 1.165) is 18.7 Å². The van der Waals surface area contributed by atoms with Crippen molar-refractivity contribution in [1.29, 1.82) is 0 Å². The van der Waals surface area contributed by atoms with Gasteiger partial charge in [-0.15, -0.1) is 6.58 Å². The highest BCUT2D eigenvalue weighted by molar-refractivity contribution is 5.28. The van der Waals surface area contributed by atoms with E-state index >= 15 is 0 Å². The van der Waals surface area contributed by atoms with Crippen molar-refractivity contribution in [2.45, 2.75) is 32.2 Å². The molecule has 2 heteroatoms. The average molecular weight is 271 g/mol. The number of fused-ring (bicyclic) bond motifs is 3. The minimum Gasteiger partial charge on any atom is -0.501 e. The van der Waals surface area contributed by atoms with Crippen molar-refractivity contribution < 1.29 is 4.74 Å². The Bertz CT molecular complexity index is 474. The third-order valence-corrected chi connectivity index (χ3v) is 5.17. The van der Waals surface area contributed by atoms with Gasteiger partial charge >= 0.3 is 0 Å². The Morgan fingerprint density at radius 1 is 1.40 bits per heavy atom. The van der Waals surface area contributed by atoms with Crippen molar-refractivity contribution in [3.8, 4) is 0 Å². The van der Waals surface area contributed by atoms with E-state index in [1.165, 1.54) is 12.8 Å². The van der Waals surface area contributed by atoms with Crippen LogP contribution in [0.2, 0.25) is 0 Å². The zero-order chi connectivity index (χ0) is 14.1. The maximum atomic E-state index is 5.59. The number of nitrogens with zero attached hydrogens (tertiary/aromatic N) is 1. The van der Waals surface area contributed by atoms with Crippen molar-refractivity contribution in [3.63, 3.8) is 0 Å². The van der Waals surface area contributed by atoms with E-state index in [9.17, 15) is 0 Å². The summed E-state index contributed by atoms with van der Waals surface area (Å²) in [5, 5.41) is 0. The SMILES string of the molecule is C=CCN1C2=CCC3C(OC)=CC=CC3[C@@H]2CCC1C. The fraction of sp³-hybridized carbons (Fsp3) is 0.556. The molecule has 3 rings (SSSR count). The summed E-state index contributed by atoms with van der Waals surface area (Å²) < 4.78 is 5.59. The Kier molecular flexibility index (Phi) is 3.73. The van der Waals surface area contributed by atoms with Crippen LogP contribution in [0.25, 0.3) is 0 Å². The smallest absolute Gasteiger partial charge is 0.0995 e. The van der Waals surface area contributed by atoms with Gasteiger partial charge in [-0.3, -0.25) is 0 Å². The van der Waals surface area contributed by atoms with Crippen LogP contribution >= 0.6 is 0 Å². The maximum absolute atomic E-state index is 5.59. The van der Waals surface area contributed by atoms with E-state index in [1.54, 1.807) is 12.8 Å². The first-order valence-corrected chi connectivity index (χ1v) is 7.76. The van der Waals surface area contributed by atoms with Crippen molar-refractivity contribution in [2.75, 3.05) is 13.7 Å². The van der Waals surface area contributed by atoms with Gasteiger partial charge in [-0.05, 0) is 38.2 Å². The van der Waals surface area contributed by atoms with Crippen molar-refractivity contribution in [1.82, 2.24) is 4.90 Å². The summed E-state index contributed by atoms with van der Waals surface area (Å²) in [6.07, 6.45) is 14.9. The lowest BCUT2D eigenvalue weighted by molar-refractivity contribution is 0.119. The predicted octanol–water partition coefficient (Wildman–Crippen LogP) is 3.89. The zero-order valence-corrected chi connectivity index (χ0v) is 12.6. The molecule has 0 aromatic carbocycles. The molecule has 1 aliphatic heterocycles. The Morgan fingerprint density at radius 3 is 3.00 bits per heavy atom. The summed E-state index contributed by atoms with van der Waals surface area (Å²) in [6.45, 7) is 7.23. The number of likely N-dealkylation sites (tertiary alicyclic amines) is 1. The third kappa shape index (κ3) is 2.11. The van der Waals surface area contributed by atoms with Gasteiger partial charge in [0.15, 0.2) is 0 Å². The van der Waals surface area contributed by atoms with Gasteiger partial charge in [-0.2, -0.15) is 0 Å². The van der Waals surface area contributed by atoms with Crippen molar-refractivity contribution in [2.24, 2.45) is 17.8 Å². The van der Waals surface area contributed by atoms with Crippen LogP contribution in [0.3, 0.4) is 0 Å². The first-order valence-electron chi connectivity index (χ1n) is 7.76. The van der Waals surface area contributed by atoms with E-state index < -0.39 is 0 Å². The molecule has 1 saturated heterocycles. The van der Waals surface area contributed by atoms with Crippen LogP contribution in [0.5, 0.6) is 0 Å². The molecule has 3 unspecified atom stereocenters. The molecular formula is C18H25NO. The molecule has 1 fully saturated rings. The van der Waals surface area contributed by atoms with Gasteiger partial charge in [0.1, 0.15) is 0 Å². The minimum absolute atomic E-state index is 0.540. The molecule has 0 N–H and O–H groups in total. The predicted molar refractivity (Wildman–Crippen MR) is 83.0 cm³/mol. The number of rotatable bonds is 3. The number of allylic oxidation sites excluding steroid dienone is 6. The standard InChI is InChI=1S/C18H25NO/c1-4-12-19-13(2)8-9-15-14-6-5-7-18(20-3)16(14)10-11-17(15)19/h4-7,11,13-16H,1,8-10,12H2,2-3H3/t13?,14?,15-,16?/m0/s1. The van der Waals surface area contributed by atoms with Crippen LogP contribution in [0, 0.1) is 17.8 Å². The lowest BCUT2D eigenvalue weighted by atomic mass is 9.67. The van der Waals surface area contributed by atoms with E-state index in [1.807, 2.05) is 6.08 Å². The van der Waals surface area contributed by atoms with Crippen LogP contribution in [0.1, 0.15) is 26.2 Å². The molecule has 0 saturated carbocycles. The summed E-state index contributed by atoms with van der Waals surface area (Å²) in [5.41, 5.74) is 1.55. The highest BCUT2D eigenvalue weighted by Gasteiger charge is 2.41. The Balaban J connectivity index is 1.90. The molecular weight excluding hydrogens is 246 g/mol. The molecule has 1 heterocycles. The zero-order valence-electron chi connectivity index (χ0n) is 12.6. The molecule has 4 atom stereocenters. The normalized spacial score (nSPS) is 35.6. The second kappa shape index (κ2) is 5.51. The molecule has 3 aliphatic rings. The first-order chi connectivity index (χ1) is 9.76. The Hall–Kier alpha value is -1.44. The molecule has 2 nitrogen and oxygen atoms in total. The maximum Gasteiger partial charge on any atom is 0.0995 e. The van der Waals surface area contributed by atoms with Gasteiger partial charge in [-0.25, -0.2) is 0 Å². The largest absolute Gasteiger partial charge is 0.501 e. The van der Waals surface area contributed by atoms with Gasteiger partial charge in [0.2, 0.25) is 0 Å². The second-order valence-corrected chi connectivity index (χ2v) is 6.18. The fourth-order valence-corrected chi connectivity index (χ4v) is 4.16. The Morgan fingerprint density at radius 2 is 2.25 bits per heavy atom. The average Bonchev–Trinajstić information content (AvgIpc) is 2.49. The van der Waals surface area contributed by atoms with E-state index in [4.69, 9.17) is 4.74 Å². The number of methoxy groups -OCH3 is 1. The third-order valence-electron chi connectivity index (χ3n) is 5.17. The lowest BCUT2D eigenvalue weighted by Gasteiger charge is -2.48. The quantitative estimate of drug-likeness (QED) is 0.722. The molecule has 0 spiro atoms. The minimum atomic E-state index is 0.540. The molecule has 0 amide bonds. The van der Waals surface area contributed by atoms with Crippen LogP contribution in [-0.4, -0.2) is 24.6 Å². The molecule has 20 heavy (non-hydrogen) atoms. The number of hydrogen-bond acceptors (Lipinski definition) is 2. The summed E-state index contributed by atoms with van der Waals surface area (Å²) in [4.78, 5) is 2.55. The van der Waals surface area contributed by atoms with Gasteiger partial charge < -0.3 is 9.64 Å². The monoisotopic (exact) mass is 271 g/mol. The Labute approximate surface area is 122 Å². The van der Waals surface area contributed by atoms with Crippen LogP contribution in [0.15, 0.2) is 48.4 Å². The topological polar surface area (TPSA) is 12.5 Å². The van der Waals surface area contributed by atoms with Crippen molar-refractivity contribution >= 4 is 0 Å². The number of ether oxygens (including phenoxy) is 1. The highest BCUT2D eigenvalue weighted by Crippen LogP contribution is 2.47. The van der Waals surface area contributed by atoms with Gasteiger partial charge in [0.05, 0.1) is 12.9 Å². The van der Waals surface area contributed by atoms with Gasteiger partial charge in [-0.1, -0.05) is 24.3 Å². The van der Waals surface area contributed by atoms with E-state index in [2.05, 4.69) is 42.7 Å². The van der Waals surface area contributed by atoms with E-state index in [0.29, 0.717) is 23.8 Å². The van der Waals surface area contributed by atoms with E-state index in [-0.39, 0.29) is 0 Å². The second-order valence-electron chi connectivity index (χ2n) is 6.18. The number of hydrogen-bond donors (Lipinski definition) is 0. The molecule has 0 aromatic heterocycles. The van der Waals surface area contributed by atoms with Crippen LogP contribution in [-0.2, 0) is 4.74 Å². The first kappa shape index (κ1) is 13.5. The molecule has 0 radical (unpaired) electrons. The van der Waals surface area contributed by atoms with Crippen LogP contribution < -0.4 is 0 Å². The highest BCUT2D eigenvalue weighted by atomic mass is 16.5. The van der Waals surface area contributed by atoms with Gasteiger partial charge in [0, 0.05) is 30.1 Å². The number of piperidine rings is 1. The lowest BCUT2D eigenvalue weighted by Crippen LogP contribution is -2.45. The fourth-order valence-electron chi connectivity index (χ4n) is 4.16. The van der Waals surface area contributed by atoms with Crippen molar-refractivity contribution in [3.05, 3.63) is 48.4 Å². The van der Waals surface area contributed by atoms with Gasteiger partial charge in [0.25, 0.3) is 0 Å². The molecule has 108 valence electrons. The van der Waals surface area contributed by atoms with Crippen LogP contribution in [0.4, 0.5) is 0 Å². The summed E-state index contributed by atoms with van der Waals surface area (Å²) in [5.74, 6) is 2.95. The summed E-state index contributed by atoms with van der Waals surface area (Å²) >= 11 is 0. The molecule has 0 bridgehead atoms.